The smallest absolute Gasteiger partial charge is 0.382 e. The van der Waals surface area contributed by atoms with Crippen molar-refractivity contribution in [2.75, 3.05) is 59.9 Å². The topological polar surface area (TPSA) is 301 Å². The number of alkyl halides is 5. The predicted molar refractivity (Wildman–Crippen MR) is 477 cm³/mol. The number of pyridine rings is 2. The number of thiazole rings is 1. The summed E-state index contributed by atoms with van der Waals surface area (Å²) in [5.41, 5.74) is 4.98. The van der Waals surface area contributed by atoms with Crippen molar-refractivity contribution in [3.05, 3.63) is 277 Å². The summed E-state index contributed by atoms with van der Waals surface area (Å²) in [6.45, 7) is -1.54. The van der Waals surface area contributed by atoms with Gasteiger partial charge in [0.25, 0.3) is 0 Å². The van der Waals surface area contributed by atoms with E-state index in [0.29, 0.717) is 77.2 Å². The van der Waals surface area contributed by atoms with E-state index in [4.69, 9.17) is 21.1 Å². The van der Waals surface area contributed by atoms with Crippen LogP contribution < -0.4 is 0 Å². The number of Topliss-reactive ketones (excluding diaryl/α,β-unsaturated/α-hetero) is 3. The van der Waals surface area contributed by atoms with E-state index < -0.39 is 111 Å². The van der Waals surface area contributed by atoms with Crippen LogP contribution in [0.15, 0.2) is 203 Å². The first-order valence-corrected chi connectivity index (χ1v) is 48.1. The molecular formula is C91H87ClF10N18O9S4. The second-order valence-corrected chi connectivity index (χ2v) is 40.6. The highest BCUT2D eigenvalue weighted by Crippen LogP contribution is 2.56. The van der Waals surface area contributed by atoms with E-state index in [9.17, 15) is 75.1 Å². The van der Waals surface area contributed by atoms with Crippen molar-refractivity contribution < 1.29 is 84.6 Å². The molecular weight excluding hydrogens is 1840 g/mol. The van der Waals surface area contributed by atoms with Gasteiger partial charge < -0.3 is 9.47 Å². The van der Waals surface area contributed by atoms with E-state index in [-0.39, 0.29) is 151 Å². The number of carbonyl (C=O) groups excluding carboxylic acids is 3. The van der Waals surface area contributed by atoms with Crippen molar-refractivity contribution in [2.24, 2.45) is 30.3 Å². The molecule has 6 aliphatic rings. The summed E-state index contributed by atoms with van der Waals surface area (Å²) in [5.74, 6) is 4.23. The standard InChI is InChI=1S/C33H31F5N4O5S2.C29H28ClF2N7O2S.C29H28F3N7O2S/c1-46-14-15-47-13-12-41(49(44,45)27-10-5-24(35)6-11-27)26-7-2-22-16-28-21(19-40-42(28)25-8-3-23(34)4-9-25)17-32(22,18-26)30(43)31-39-20-29(48-31)33(36,37)38;1-37-18-34-28(36-37)42(2,41)38(12-10-31)24-6-3-20-13-26-19(17-35-39(26)23-7-4-22(32)5-8-23)15-29(20,16-24)27(40)25-14-21(30)9-11-33-25;1-37-18-34-28(36-37)42(2,41)38(12-10-30)24-6-3-20-13-26-19(17-35-39(26)23-7-4-21(31)5-8-23)15-29(20,16-24)27(40)25-14-22(32)9-11-33-25/h3-6,8-11,16,19-20,26H,2,7,12-15,17-18H2,1H3;2*4-5,7-9,11,13-14,17-18,24H,2-3,6,10,12,15-16H2,1H3/t26-,32-;2*24-,29-,42?/m000/s1. The molecule has 8 atom stereocenters. The number of methoxy groups -OCH3 is 1. The van der Waals surface area contributed by atoms with Crippen molar-refractivity contribution in [1.29, 1.82) is 0 Å². The van der Waals surface area contributed by atoms with Crippen molar-refractivity contribution in [3.8, 4) is 17.1 Å². The number of aryl methyl sites for hydroxylation is 2. The van der Waals surface area contributed by atoms with E-state index in [1.807, 2.05) is 12.2 Å². The minimum atomic E-state index is -4.71. The highest BCUT2D eigenvalue weighted by Gasteiger charge is 2.56. The molecule has 0 spiro atoms. The fraction of sp³-hybridized carbons (Fsp3) is 0.330. The quantitative estimate of drug-likeness (QED) is 0.0190. The number of rotatable bonds is 28. The van der Waals surface area contributed by atoms with Gasteiger partial charge in [0.2, 0.25) is 26.1 Å². The third-order valence-electron chi connectivity index (χ3n) is 24.9. The molecule has 0 amide bonds. The van der Waals surface area contributed by atoms with Crippen molar-refractivity contribution in [1.82, 2.24) is 86.7 Å². The van der Waals surface area contributed by atoms with Crippen LogP contribution in [0.25, 0.3) is 35.3 Å². The minimum absolute atomic E-state index is 0.0139. The number of ether oxygens (including phenoxy) is 2. The van der Waals surface area contributed by atoms with Crippen LogP contribution in [-0.4, -0.2) is 211 Å². The summed E-state index contributed by atoms with van der Waals surface area (Å²) < 4.78 is 217. The summed E-state index contributed by atoms with van der Waals surface area (Å²) in [4.78, 5) is 62.8. The lowest BCUT2D eigenvalue weighted by atomic mass is 9.60. The molecule has 0 saturated heterocycles. The number of fused-ring (bicyclic) bond motifs is 6. The van der Waals surface area contributed by atoms with Gasteiger partial charge in [0.1, 0.15) is 71.4 Å². The summed E-state index contributed by atoms with van der Waals surface area (Å²) in [6, 6.07) is 25.6. The number of hydrogen-bond acceptors (Lipinski definition) is 20. The van der Waals surface area contributed by atoms with Gasteiger partial charge >= 0.3 is 6.18 Å². The fourth-order valence-corrected chi connectivity index (χ4v) is 24.7. The monoisotopic (exact) mass is 1930 g/mol. The number of sulfonamides is 1. The molecule has 3 saturated carbocycles. The third-order valence-corrected chi connectivity index (χ3v) is 32.2. The Morgan fingerprint density at radius 1 is 0.504 bits per heavy atom. The van der Waals surface area contributed by atoms with Gasteiger partial charge in [0, 0.05) is 82.4 Å². The summed E-state index contributed by atoms with van der Waals surface area (Å²) in [6.07, 6.45) is 15.2. The van der Waals surface area contributed by atoms with Gasteiger partial charge in [-0.15, -0.1) is 21.5 Å². The number of benzene rings is 4. The number of allylic oxidation sites excluding steroid dienone is 3. The third kappa shape index (κ3) is 18.9. The zero-order chi connectivity index (χ0) is 94.3. The Morgan fingerprint density at radius 3 is 1.28 bits per heavy atom. The van der Waals surface area contributed by atoms with Crippen molar-refractivity contribution in [3.63, 3.8) is 0 Å². The number of aromatic nitrogens is 15. The van der Waals surface area contributed by atoms with Crippen LogP contribution in [-0.2, 0) is 78.4 Å². The lowest BCUT2D eigenvalue weighted by Gasteiger charge is -2.47. The van der Waals surface area contributed by atoms with Crippen LogP contribution in [0.3, 0.4) is 0 Å². The maximum atomic E-state index is 14.5. The molecule has 6 aliphatic carbocycles. The Hall–Kier alpha value is -11.7. The van der Waals surface area contributed by atoms with Gasteiger partial charge in [-0.05, 0) is 239 Å². The summed E-state index contributed by atoms with van der Waals surface area (Å²) >= 11 is 6.50. The molecule has 27 nitrogen and oxygen atoms in total. The molecule has 42 heteroatoms. The average Bonchev–Trinajstić information content (AvgIpc) is 1.72. The van der Waals surface area contributed by atoms with E-state index >= 15 is 0 Å². The molecule has 4 aromatic carbocycles. The van der Waals surface area contributed by atoms with Gasteiger partial charge in [-0.25, -0.2) is 85.2 Å². The van der Waals surface area contributed by atoms with Gasteiger partial charge in [-0.2, -0.15) is 32.8 Å². The Morgan fingerprint density at radius 2 is 0.902 bits per heavy atom. The first kappa shape index (κ1) is 94.5. The lowest BCUT2D eigenvalue weighted by molar-refractivity contribution is -0.134. The van der Waals surface area contributed by atoms with Crippen LogP contribution in [0.5, 0.6) is 0 Å². The van der Waals surface area contributed by atoms with E-state index in [0.717, 1.165) is 64.0 Å². The highest BCUT2D eigenvalue weighted by molar-refractivity contribution is 7.98. The summed E-state index contributed by atoms with van der Waals surface area (Å²) in [7, 11) is -6.04. The SMILES string of the molecule is C=S(=O)(c1ncn(C)n1)N(CCF)[C@H]1CCC2=Cc3c(cnn3-c3ccc(F)cc3)C[C@]2(C(=O)c2cc(Cl)ccn2)C1.C=S(=O)(c1ncn(C)n1)N(CCF)[C@H]1CCC2=Cc3c(cnn3-c3ccc(F)cc3)C[C@]2(C(=O)c2cc(F)ccn2)C1.COCCOCCN([C@H]1CCC2=Cc3c(cnn3-c3ccc(F)cc3)C[C@]2(C(=O)c2ncc(C(F)(F)F)s2)C1)S(=O)(=O)c1ccc(F)cc1. The largest absolute Gasteiger partial charge is 0.427 e. The molecule has 0 aliphatic heterocycles. The Labute approximate surface area is 767 Å². The lowest BCUT2D eigenvalue weighted by Crippen LogP contribution is -2.51. The number of nitrogens with zero attached hydrogens (tertiary/aromatic N) is 18. The second-order valence-electron chi connectivity index (χ2n) is 33.1. The molecule has 696 valence electrons. The number of carbonyl (C=O) groups is 3. The van der Waals surface area contributed by atoms with Gasteiger partial charge in [-0.3, -0.25) is 33.7 Å². The normalized spacial score (nSPS) is 20.6. The molecule has 8 aromatic heterocycles. The minimum Gasteiger partial charge on any atom is -0.382 e. The predicted octanol–water partition coefficient (Wildman–Crippen LogP) is 14.8. The maximum absolute atomic E-state index is 14.5. The first-order chi connectivity index (χ1) is 63.6. The van der Waals surface area contributed by atoms with E-state index in [1.165, 1.54) is 96.9 Å². The van der Waals surface area contributed by atoms with Crippen molar-refractivity contribution in [2.45, 2.75) is 117 Å². The molecule has 0 N–H and O–H groups in total. The summed E-state index contributed by atoms with van der Waals surface area (Å²) in [5, 5.41) is 22.0. The zero-order valence-electron chi connectivity index (χ0n) is 71.7. The second kappa shape index (κ2) is 38.4. The molecule has 0 radical (unpaired) electrons. The van der Waals surface area contributed by atoms with Crippen LogP contribution in [0.4, 0.5) is 43.9 Å². The maximum Gasteiger partial charge on any atom is 0.427 e. The molecule has 133 heavy (non-hydrogen) atoms. The van der Waals surface area contributed by atoms with Crippen molar-refractivity contribution >= 4 is 99.7 Å². The number of ketones is 3. The molecule has 18 rings (SSSR count). The number of hydrogen-bond donors (Lipinski definition) is 0. The Kier molecular flexibility index (Phi) is 27.3. The van der Waals surface area contributed by atoms with Crippen LogP contribution >= 0.6 is 22.9 Å². The molecule has 0 bridgehead atoms. The van der Waals surface area contributed by atoms with E-state index in [2.05, 4.69) is 62.2 Å². The molecule has 12 aromatic rings. The van der Waals surface area contributed by atoms with Crippen LogP contribution in [0.1, 0.15) is 127 Å². The molecule has 8 heterocycles. The number of halogens is 11. The Bertz CT molecular complexity index is 6590. The molecule has 2 unspecified atom stereocenters. The zero-order valence-corrected chi connectivity index (χ0v) is 75.7. The van der Waals surface area contributed by atoms with Crippen LogP contribution in [0, 0.1) is 45.3 Å². The van der Waals surface area contributed by atoms with Gasteiger partial charge in [-0.1, -0.05) is 28.3 Å². The molecule has 3 fully saturated rings. The van der Waals surface area contributed by atoms with E-state index in [1.54, 1.807) is 101 Å². The van der Waals surface area contributed by atoms with Gasteiger partial charge in [0.15, 0.2) is 16.6 Å². The average molecular weight is 1930 g/mol. The highest BCUT2D eigenvalue weighted by atomic mass is 35.5. The van der Waals surface area contributed by atoms with Crippen LogP contribution in [0.2, 0.25) is 5.02 Å². The first-order valence-electron chi connectivity index (χ1n) is 42.1. The fourth-order valence-electron chi connectivity index (χ4n) is 18.7. The van der Waals surface area contributed by atoms with Gasteiger partial charge in [0.05, 0.1) is 119 Å². The Balaban J connectivity index is 0.000000146.